The summed E-state index contributed by atoms with van der Waals surface area (Å²) in [4.78, 5) is 0. The summed E-state index contributed by atoms with van der Waals surface area (Å²) in [7, 11) is -4.27. The molecule has 0 aromatic rings. The Kier molecular flexibility index (Phi) is 16.2. The van der Waals surface area contributed by atoms with Crippen molar-refractivity contribution >= 4 is 10.4 Å². The zero-order valence-corrected chi connectivity index (χ0v) is 16.2. The Bertz CT molecular complexity index is 356. The van der Waals surface area contributed by atoms with E-state index in [9.17, 15) is 13.5 Å². The van der Waals surface area contributed by atoms with Crippen LogP contribution in [0.2, 0.25) is 0 Å². The minimum absolute atomic E-state index is 0.0590. The third-order valence-corrected chi connectivity index (χ3v) is 4.77. The predicted molar refractivity (Wildman–Crippen MR) is 98.4 cm³/mol. The summed E-state index contributed by atoms with van der Waals surface area (Å²) in [6, 6.07) is 0. The van der Waals surface area contributed by atoms with Crippen LogP contribution < -0.4 is 0 Å². The van der Waals surface area contributed by atoms with E-state index in [1.807, 2.05) is 0 Å². The van der Waals surface area contributed by atoms with Crippen LogP contribution in [-0.2, 0) is 14.6 Å². The van der Waals surface area contributed by atoms with E-state index in [0.717, 1.165) is 57.8 Å². The maximum atomic E-state index is 10.3. The molecule has 0 saturated heterocycles. The van der Waals surface area contributed by atoms with Crippen LogP contribution in [0.3, 0.4) is 0 Å². The summed E-state index contributed by atoms with van der Waals surface area (Å²) >= 11 is 0. The smallest absolute Gasteiger partial charge is 0.393 e. The fourth-order valence-electron chi connectivity index (χ4n) is 2.83. The van der Waals surface area contributed by atoms with Crippen molar-refractivity contribution < 1.29 is 22.3 Å². The summed E-state index contributed by atoms with van der Waals surface area (Å²) in [6.07, 6.45) is 16.5. The van der Waals surface area contributed by atoms with Crippen molar-refractivity contribution in [2.75, 3.05) is 6.61 Å². The van der Waals surface area contributed by atoms with Crippen molar-refractivity contribution in [3.05, 3.63) is 0 Å². The highest BCUT2D eigenvalue weighted by atomic mass is 32.3. The Morgan fingerprint density at radius 3 is 1.62 bits per heavy atom. The molecule has 0 saturated carbocycles. The summed E-state index contributed by atoms with van der Waals surface area (Å²) < 4.78 is 33.3. The van der Waals surface area contributed by atoms with Gasteiger partial charge in [0.25, 0.3) is 0 Å². The van der Waals surface area contributed by atoms with E-state index >= 15 is 0 Å². The SMILES string of the molecule is CCCCCCCCC(O)CCCCCCCCCOS(=O)(=O)O. The largest absolute Gasteiger partial charge is 0.397 e. The van der Waals surface area contributed by atoms with Crippen molar-refractivity contribution in [2.45, 2.75) is 109 Å². The Morgan fingerprint density at radius 2 is 1.17 bits per heavy atom. The molecule has 5 nitrogen and oxygen atoms in total. The molecule has 0 spiro atoms. The lowest BCUT2D eigenvalue weighted by Crippen LogP contribution is -2.06. The average Bonchev–Trinajstić information content (AvgIpc) is 2.51. The summed E-state index contributed by atoms with van der Waals surface area (Å²) in [5.41, 5.74) is 0. The monoisotopic (exact) mass is 366 g/mol. The van der Waals surface area contributed by atoms with Crippen LogP contribution in [0.5, 0.6) is 0 Å². The predicted octanol–water partition coefficient (Wildman–Crippen LogP) is 5.04. The minimum Gasteiger partial charge on any atom is -0.393 e. The van der Waals surface area contributed by atoms with Gasteiger partial charge in [-0.05, 0) is 19.3 Å². The van der Waals surface area contributed by atoms with Gasteiger partial charge < -0.3 is 5.11 Å². The zero-order chi connectivity index (χ0) is 18.1. The van der Waals surface area contributed by atoms with E-state index in [-0.39, 0.29) is 12.7 Å². The van der Waals surface area contributed by atoms with Gasteiger partial charge in [0, 0.05) is 0 Å². The van der Waals surface area contributed by atoms with Gasteiger partial charge in [0.05, 0.1) is 12.7 Å². The molecule has 1 atom stereocenters. The number of hydrogen-bond donors (Lipinski definition) is 2. The Morgan fingerprint density at radius 1 is 0.750 bits per heavy atom. The lowest BCUT2D eigenvalue weighted by Gasteiger charge is -2.10. The van der Waals surface area contributed by atoms with Gasteiger partial charge in [-0.3, -0.25) is 4.55 Å². The molecule has 0 bridgehead atoms. The fraction of sp³-hybridized carbons (Fsp3) is 1.00. The van der Waals surface area contributed by atoms with Gasteiger partial charge in [-0.25, -0.2) is 4.18 Å². The second kappa shape index (κ2) is 16.3. The van der Waals surface area contributed by atoms with Gasteiger partial charge >= 0.3 is 10.4 Å². The van der Waals surface area contributed by atoms with E-state index < -0.39 is 10.4 Å². The molecule has 146 valence electrons. The maximum absolute atomic E-state index is 10.3. The van der Waals surface area contributed by atoms with Crippen LogP contribution in [0.4, 0.5) is 0 Å². The van der Waals surface area contributed by atoms with Crippen LogP contribution in [0.25, 0.3) is 0 Å². The molecular formula is C18H38O5S. The van der Waals surface area contributed by atoms with Crippen molar-refractivity contribution in [3.8, 4) is 0 Å². The lowest BCUT2D eigenvalue weighted by atomic mass is 10.0. The van der Waals surface area contributed by atoms with Crippen LogP contribution in [0, 0.1) is 0 Å². The molecule has 6 heteroatoms. The zero-order valence-electron chi connectivity index (χ0n) is 15.4. The highest BCUT2D eigenvalue weighted by Gasteiger charge is 2.04. The van der Waals surface area contributed by atoms with Crippen LogP contribution in [0.15, 0.2) is 0 Å². The first-order chi connectivity index (χ1) is 11.5. The highest BCUT2D eigenvalue weighted by Crippen LogP contribution is 2.14. The van der Waals surface area contributed by atoms with Crippen LogP contribution in [-0.4, -0.2) is 30.8 Å². The lowest BCUT2D eigenvalue weighted by molar-refractivity contribution is 0.147. The highest BCUT2D eigenvalue weighted by molar-refractivity contribution is 7.80. The third kappa shape index (κ3) is 19.9. The normalized spacial score (nSPS) is 13.3. The molecule has 0 aromatic heterocycles. The molecule has 0 aliphatic carbocycles. The molecule has 0 aliphatic heterocycles. The van der Waals surface area contributed by atoms with E-state index in [1.54, 1.807) is 0 Å². The molecule has 0 aromatic carbocycles. The molecule has 0 radical (unpaired) electrons. The quantitative estimate of drug-likeness (QED) is 0.262. The van der Waals surface area contributed by atoms with Crippen molar-refractivity contribution in [1.82, 2.24) is 0 Å². The molecule has 24 heavy (non-hydrogen) atoms. The van der Waals surface area contributed by atoms with E-state index in [1.165, 1.54) is 32.1 Å². The second-order valence-corrected chi connectivity index (χ2v) is 7.81. The number of aliphatic hydroxyl groups excluding tert-OH is 1. The summed E-state index contributed by atoms with van der Waals surface area (Å²) in [6.45, 7) is 2.28. The van der Waals surface area contributed by atoms with E-state index in [0.29, 0.717) is 6.42 Å². The molecule has 0 aliphatic rings. The number of aliphatic hydroxyl groups is 1. The molecule has 0 rings (SSSR count). The van der Waals surface area contributed by atoms with Crippen molar-refractivity contribution in [1.29, 1.82) is 0 Å². The molecule has 2 N–H and O–H groups in total. The molecule has 0 amide bonds. The molecule has 0 heterocycles. The van der Waals surface area contributed by atoms with Gasteiger partial charge in [0.2, 0.25) is 0 Å². The maximum Gasteiger partial charge on any atom is 0.397 e. The standard InChI is InChI=1S/C18H38O5S/c1-2-3-4-5-9-12-15-18(19)16-13-10-7-6-8-11-14-17-23-24(20,21)22/h18-19H,2-17H2,1H3,(H,20,21,22). The molecule has 1 unspecified atom stereocenters. The van der Waals surface area contributed by atoms with Crippen LogP contribution in [0.1, 0.15) is 103 Å². The first kappa shape index (κ1) is 23.8. The van der Waals surface area contributed by atoms with Gasteiger partial charge in [-0.15, -0.1) is 0 Å². The van der Waals surface area contributed by atoms with Gasteiger partial charge in [0.15, 0.2) is 0 Å². The van der Waals surface area contributed by atoms with Gasteiger partial charge in [-0.2, -0.15) is 8.42 Å². The average molecular weight is 367 g/mol. The fourth-order valence-corrected chi connectivity index (χ4v) is 3.16. The minimum atomic E-state index is -4.27. The number of hydrogen-bond acceptors (Lipinski definition) is 4. The number of rotatable bonds is 18. The molecular weight excluding hydrogens is 328 g/mol. The van der Waals surface area contributed by atoms with Crippen molar-refractivity contribution in [3.63, 3.8) is 0 Å². The van der Waals surface area contributed by atoms with Crippen molar-refractivity contribution in [2.24, 2.45) is 0 Å². The molecule has 0 fully saturated rings. The van der Waals surface area contributed by atoms with E-state index in [4.69, 9.17) is 4.55 Å². The van der Waals surface area contributed by atoms with Crippen LogP contribution >= 0.6 is 0 Å². The topological polar surface area (TPSA) is 83.8 Å². The Hall–Kier alpha value is -0.170. The van der Waals surface area contributed by atoms with Gasteiger partial charge in [-0.1, -0.05) is 84.0 Å². The number of unbranched alkanes of at least 4 members (excludes halogenated alkanes) is 11. The summed E-state index contributed by atoms with van der Waals surface area (Å²) in [5.74, 6) is 0. The summed E-state index contributed by atoms with van der Waals surface area (Å²) in [5, 5.41) is 9.93. The first-order valence-electron chi connectivity index (χ1n) is 9.75. The van der Waals surface area contributed by atoms with Gasteiger partial charge in [0.1, 0.15) is 0 Å². The first-order valence-corrected chi connectivity index (χ1v) is 11.1. The second-order valence-electron chi connectivity index (χ2n) is 6.72. The third-order valence-electron chi connectivity index (χ3n) is 4.30. The Balaban J connectivity index is 3.20. The Labute approximate surface area is 149 Å². The van der Waals surface area contributed by atoms with E-state index in [2.05, 4.69) is 11.1 Å².